The normalized spacial score (nSPS) is 11.9. The fourth-order valence-electron chi connectivity index (χ4n) is 2.10. The van der Waals surface area contributed by atoms with Crippen molar-refractivity contribution in [1.29, 1.82) is 0 Å². The van der Waals surface area contributed by atoms with Crippen molar-refractivity contribution in [1.82, 2.24) is 9.62 Å². The van der Waals surface area contributed by atoms with E-state index in [1.54, 1.807) is 37.3 Å². The number of hydrogen-bond donors (Lipinski definition) is 1. The van der Waals surface area contributed by atoms with Crippen molar-refractivity contribution < 1.29 is 13.2 Å². The third-order valence-corrected chi connectivity index (χ3v) is 6.70. The number of thiophene rings is 1. The van der Waals surface area contributed by atoms with Crippen LogP contribution in [0.4, 0.5) is 0 Å². The third-order valence-electron chi connectivity index (χ3n) is 3.74. The Bertz CT molecular complexity index is 784. The predicted molar refractivity (Wildman–Crippen MR) is 96.9 cm³/mol. The zero-order valence-corrected chi connectivity index (χ0v) is 15.7. The number of amides is 1. The van der Waals surface area contributed by atoms with Crippen LogP contribution in [0.3, 0.4) is 0 Å². The molecule has 0 atom stereocenters. The Morgan fingerprint density at radius 3 is 2.62 bits per heavy atom. The van der Waals surface area contributed by atoms with E-state index < -0.39 is 10.0 Å². The monoisotopic (exact) mass is 366 g/mol. The molecule has 1 N–H and O–H groups in total. The molecule has 1 heterocycles. The van der Waals surface area contributed by atoms with Gasteiger partial charge in [0.15, 0.2) is 0 Å². The Morgan fingerprint density at radius 2 is 2.00 bits per heavy atom. The van der Waals surface area contributed by atoms with E-state index in [0.29, 0.717) is 12.1 Å². The van der Waals surface area contributed by atoms with E-state index in [-0.39, 0.29) is 16.8 Å². The molecule has 2 rings (SSSR count). The highest BCUT2D eigenvalue weighted by molar-refractivity contribution is 7.89. The molecule has 24 heavy (non-hydrogen) atoms. The highest BCUT2D eigenvalue weighted by atomic mass is 32.2. The van der Waals surface area contributed by atoms with Gasteiger partial charge in [-0.05, 0) is 49.9 Å². The molecule has 0 bridgehead atoms. The molecule has 0 spiro atoms. The van der Waals surface area contributed by atoms with Crippen molar-refractivity contribution in [3.05, 3.63) is 52.2 Å². The van der Waals surface area contributed by atoms with E-state index in [1.807, 2.05) is 17.5 Å². The summed E-state index contributed by atoms with van der Waals surface area (Å²) in [5.41, 5.74) is 0.347. The number of benzene rings is 1. The average Bonchev–Trinajstić information content (AvgIpc) is 3.07. The lowest BCUT2D eigenvalue weighted by Gasteiger charge is -2.21. The number of nitrogens with one attached hydrogen (secondary N) is 1. The van der Waals surface area contributed by atoms with E-state index in [9.17, 15) is 13.2 Å². The van der Waals surface area contributed by atoms with Gasteiger partial charge < -0.3 is 5.32 Å². The van der Waals surface area contributed by atoms with Crippen LogP contribution >= 0.6 is 11.3 Å². The minimum absolute atomic E-state index is 0.129. The Labute approximate surface area is 147 Å². The number of sulfonamides is 1. The maximum absolute atomic E-state index is 12.5. The third kappa shape index (κ3) is 4.43. The van der Waals surface area contributed by atoms with Gasteiger partial charge in [-0.15, -0.1) is 11.3 Å². The maximum atomic E-state index is 12.5. The lowest BCUT2D eigenvalue weighted by Crippen LogP contribution is -2.33. The number of nitrogens with zero attached hydrogens (tertiary/aromatic N) is 1. The van der Waals surface area contributed by atoms with Gasteiger partial charge in [0.05, 0.1) is 4.90 Å². The second-order valence-corrected chi connectivity index (χ2v) is 8.76. The zero-order chi connectivity index (χ0) is 17.7. The van der Waals surface area contributed by atoms with Crippen LogP contribution < -0.4 is 5.32 Å². The van der Waals surface area contributed by atoms with Crippen LogP contribution in [0.2, 0.25) is 0 Å². The van der Waals surface area contributed by atoms with Crippen molar-refractivity contribution in [2.45, 2.75) is 31.2 Å². The minimum atomic E-state index is -3.60. The van der Waals surface area contributed by atoms with Crippen molar-refractivity contribution >= 4 is 27.3 Å². The van der Waals surface area contributed by atoms with Gasteiger partial charge in [-0.3, -0.25) is 4.79 Å². The summed E-state index contributed by atoms with van der Waals surface area (Å²) in [5.74, 6) is -0.268. The molecule has 0 saturated heterocycles. The van der Waals surface area contributed by atoms with Crippen molar-refractivity contribution in [2.24, 2.45) is 0 Å². The number of carbonyl (C=O) groups excluding carboxylic acids is 1. The molecule has 130 valence electrons. The maximum Gasteiger partial charge on any atom is 0.251 e. The van der Waals surface area contributed by atoms with E-state index in [1.165, 1.54) is 28.4 Å². The molecule has 0 radical (unpaired) electrons. The van der Waals surface area contributed by atoms with Crippen molar-refractivity contribution in [2.75, 3.05) is 13.6 Å². The largest absolute Gasteiger partial charge is 0.352 e. The molecule has 5 nitrogen and oxygen atoms in total. The molecule has 0 aliphatic heterocycles. The van der Waals surface area contributed by atoms with Crippen LogP contribution in [0.5, 0.6) is 0 Å². The van der Waals surface area contributed by atoms with Crippen LogP contribution in [-0.2, 0) is 16.4 Å². The summed E-state index contributed by atoms with van der Waals surface area (Å²) < 4.78 is 26.3. The van der Waals surface area contributed by atoms with Gasteiger partial charge in [0.2, 0.25) is 10.0 Å². The summed E-state index contributed by atoms with van der Waals surface area (Å²) in [5, 5.41) is 4.82. The second-order valence-electron chi connectivity index (χ2n) is 5.73. The highest BCUT2D eigenvalue weighted by Crippen LogP contribution is 2.18. The minimum Gasteiger partial charge on any atom is -0.352 e. The molecule has 2 aromatic rings. The molecule has 1 aromatic carbocycles. The smallest absolute Gasteiger partial charge is 0.251 e. The summed E-state index contributed by atoms with van der Waals surface area (Å²) in [6.07, 6.45) is 0.761. The van der Waals surface area contributed by atoms with Crippen LogP contribution in [0.1, 0.15) is 29.1 Å². The first kappa shape index (κ1) is 18.6. The number of hydrogen-bond acceptors (Lipinski definition) is 4. The first-order chi connectivity index (χ1) is 11.3. The first-order valence-electron chi connectivity index (χ1n) is 7.71. The Balaban J connectivity index is 2.07. The van der Waals surface area contributed by atoms with E-state index in [2.05, 4.69) is 5.32 Å². The van der Waals surface area contributed by atoms with Gasteiger partial charge in [-0.25, -0.2) is 8.42 Å². The SMILES string of the molecule is CC(C)N(C)S(=O)(=O)c1cccc(C(=O)NCCc2cccs2)c1. The summed E-state index contributed by atoms with van der Waals surface area (Å²) in [7, 11) is -2.06. The van der Waals surface area contributed by atoms with Gasteiger partial charge in [0.1, 0.15) is 0 Å². The number of rotatable bonds is 7. The van der Waals surface area contributed by atoms with Gasteiger partial charge in [0.25, 0.3) is 5.91 Å². The Kier molecular flexibility index (Phi) is 6.15. The molecular formula is C17H22N2O3S2. The molecule has 0 fully saturated rings. The van der Waals surface area contributed by atoms with Crippen molar-refractivity contribution in [3.8, 4) is 0 Å². The van der Waals surface area contributed by atoms with Crippen LogP contribution in [0.25, 0.3) is 0 Å². The fraction of sp³-hybridized carbons (Fsp3) is 0.353. The standard InChI is InChI=1S/C17H22N2O3S2/c1-13(2)19(3)24(21,22)16-8-4-6-14(12-16)17(20)18-10-9-15-7-5-11-23-15/h4-8,11-13H,9-10H2,1-3H3,(H,18,20). The first-order valence-corrected chi connectivity index (χ1v) is 10.0. The molecule has 1 amide bonds. The zero-order valence-electron chi connectivity index (χ0n) is 14.0. The Hall–Kier alpha value is -1.70. The molecule has 0 saturated carbocycles. The van der Waals surface area contributed by atoms with Gasteiger partial charge in [-0.2, -0.15) is 4.31 Å². The molecular weight excluding hydrogens is 344 g/mol. The molecule has 0 unspecified atom stereocenters. The lowest BCUT2D eigenvalue weighted by atomic mass is 10.2. The van der Waals surface area contributed by atoms with E-state index >= 15 is 0 Å². The fourth-order valence-corrected chi connectivity index (χ4v) is 4.22. The van der Waals surface area contributed by atoms with Gasteiger partial charge in [-0.1, -0.05) is 12.1 Å². The van der Waals surface area contributed by atoms with Gasteiger partial charge >= 0.3 is 0 Å². The summed E-state index contributed by atoms with van der Waals surface area (Å²) in [6.45, 7) is 4.12. The quantitative estimate of drug-likeness (QED) is 0.819. The summed E-state index contributed by atoms with van der Waals surface area (Å²) in [6, 6.07) is 9.99. The highest BCUT2D eigenvalue weighted by Gasteiger charge is 2.23. The number of carbonyl (C=O) groups is 1. The summed E-state index contributed by atoms with van der Waals surface area (Å²) in [4.78, 5) is 13.6. The van der Waals surface area contributed by atoms with Crippen molar-refractivity contribution in [3.63, 3.8) is 0 Å². The topological polar surface area (TPSA) is 66.5 Å². The van der Waals surface area contributed by atoms with Crippen LogP contribution in [-0.4, -0.2) is 38.3 Å². The lowest BCUT2D eigenvalue weighted by molar-refractivity contribution is 0.0954. The van der Waals surface area contributed by atoms with Gasteiger partial charge in [0, 0.05) is 30.1 Å². The molecule has 7 heteroatoms. The van der Waals surface area contributed by atoms with Crippen LogP contribution in [0.15, 0.2) is 46.7 Å². The Morgan fingerprint density at radius 1 is 1.25 bits per heavy atom. The summed E-state index contributed by atoms with van der Waals surface area (Å²) >= 11 is 1.65. The molecule has 0 aliphatic rings. The predicted octanol–water partition coefficient (Wildman–Crippen LogP) is 2.75. The van der Waals surface area contributed by atoms with E-state index in [0.717, 1.165) is 6.42 Å². The molecule has 1 aromatic heterocycles. The second kappa shape index (κ2) is 7.92. The van der Waals surface area contributed by atoms with E-state index in [4.69, 9.17) is 0 Å². The average molecular weight is 367 g/mol. The molecule has 0 aliphatic carbocycles. The van der Waals surface area contributed by atoms with Crippen LogP contribution in [0, 0.1) is 0 Å².